The van der Waals surface area contributed by atoms with Crippen molar-refractivity contribution in [1.82, 2.24) is 4.57 Å². The molecule has 0 fully saturated rings. The molecule has 1 aromatic heterocycles. The molecule has 1 atom stereocenters. The molecule has 0 bridgehead atoms. The highest BCUT2D eigenvalue weighted by Gasteiger charge is 2.32. The monoisotopic (exact) mass is 531 g/mol. The molecule has 186 valence electrons. The number of thiazole rings is 1. The van der Waals surface area contributed by atoms with E-state index in [4.69, 9.17) is 16.3 Å². The number of allylic oxidation sites excluding steroid dienone is 1. The summed E-state index contributed by atoms with van der Waals surface area (Å²) < 4.78 is 7.17. The van der Waals surface area contributed by atoms with Gasteiger partial charge in [-0.1, -0.05) is 53.3 Å². The first-order chi connectivity index (χ1) is 17.9. The number of halogens is 1. The molecule has 0 aliphatic carbocycles. The van der Waals surface area contributed by atoms with Crippen molar-refractivity contribution >= 4 is 40.6 Å². The van der Waals surface area contributed by atoms with E-state index in [1.54, 1.807) is 56.5 Å². The zero-order valence-electron chi connectivity index (χ0n) is 19.9. The number of aromatic hydroxyl groups is 1. The molecule has 0 saturated carbocycles. The van der Waals surface area contributed by atoms with E-state index in [0.717, 1.165) is 5.56 Å². The summed E-state index contributed by atoms with van der Waals surface area (Å²) in [5.74, 6) is 0.305. The summed E-state index contributed by atoms with van der Waals surface area (Å²) in [5.41, 5.74) is 2.31. The van der Waals surface area contributed by atoms with E-state index in [1.807, 2.05) is 30.3 Å². The summed E-state index contributed by atoms with van der Waals surface area (Å²) >= 11 is 7.28. The zero-order chi connectivity index (χ0) is 26.1. The molecule has 0 spiro atoms. The number of anilines is 1. The second kappa shape index (κ2) is 10.1. The third kappa shape index (κ3) is 4.81. The van der Waals surface area contributed by atoms with Crippen molar-refractivity contribution < 1.29 is 14.6 Å². The maximum Gasteiger partial charge on any atom is 0.271 e. The Bertz CT molecular complexity index is 1710. The van der Waals surface area contributed by atoms with E-state index in [2.05, 4.69) is 10.3 Å². The first kappa shape index (κ1) is 24.5. The number of fused-ring (bicyclic) bond motifs is 1. The van der Waals surface area contributed by atoms with Gasteiger partial charge in [0.05, 0.1) is 29.0 Å². The number of benzene rings is 3. The summed E-state index contributed by atoms with van der Waals surface area (Å²) in [7, 11) is 1.58. The van der Waals surface area contributed by atoms with Crippen molar-refractivity contribution in [2.45, 2.75) is 13.0 Å². The lowest BCUT2D eigenvalue weighted by molar-refractivity contribution is -0.113. The van der Waals surface area contributed by atoms with Crippen LogP contribution in [0.5, 0.6) is 11.5 Å². The van der Waals surface area contributed by atoms with E-state index < -0.39 is 6.04 Å². The Morgan fingerprint density at radius 2 is 1.86 bits per heavy atom. The summed E-state index contributed by atoms with van der Waals surface area (Å²) in [6, 6.07) is 20.3. The van der Waals surface area contributed by atoms with Gasteiger partial charge in [0.25, 0.3) is 11.5 Å². The first-order valence-electron chi connectivity index (χ1n) is 11.4. The summed E-state index contributed by atoms with van der Waals surface area (Å²) in [6.45, 7) is 1.76. The molecule has 1 amide bonds. The lowest BCUT2D eigenvalue weighted by Crippen LogP contribution is -2.40. The van der Waals surface area contributed by atoms with Crippen LogP contribution in [-0.4, -0.2) is 22.7 Å². The first-order valence-corrected chi connectivity index (χ1v) is 12.6. The summed E-state index contributed by atoms with van der Waals surface area (Å²) in [4.78, 5) is 32.4. The largest absolute Gasteiger partial charge is 0.507 e. The van der Waals surface area contributed by atoms with E-state index in [-0.39, 0.29) is 17.2 Å². The molecule has 1 aliphatic rings. The van der Waals surface area contributed by atoms with Gasteiger partial charge in [-0.05, 0) is 61.0 Å². The smallest absolute Gasteiger partial charge is 0.271 e. The molecular formula is C28H22ClN3O4S. The molecule has 0 saturated heterocycles. The van der Waals surface area contributed by atoms with Crippen LogP contribution in [0.1, 0.15) is 24.1 Å². The van der Waals surface area contributed by atoms with Gasteiger partial charge in [-0.25, -0.2) is 4.99 Å². The number of phenols is 1. The van der Waals surface area contributed by atoms with Gasteiger partial charge in [0.15, 0.2) is 4.80 Å². The number of nitrogens with one attached hydrogen (secondary N) is 1. The van der Waals surface area contributed by atoms with Crippen LogP contribution in [0.4, 0.5) is 5.69 Å². The molecule has 4 aromatic rings. The molecule has 2 heterocycles. The molecule has 7 nitrogen and oxygen atoms in total. The second-order valence-electron chi connectivity index (χ2n) is 8.38. The fourth-order valence-electron chi connectivity index (χ4n) is 4.22. The Balaban J connectivity index is 1.69. The SMILES string of the molecule is COc1ccc([C@@H]2C(C(=O)Nc3ccccc3)=C(C)N=c3s/c(=C/c4cc(Cl)ccc4O)c(=O)n32)cc1. The minimum Gasteiger partial charge on any atom is -0.507 e. The fourth-order valence-corrected chi connectivity index (χ4v) is 5.43. The predicted molar refractivity (Wildman–Crippen MR) is 145 cm³/mol. The van der Waals surface area contributed by atoms with Crippen molar-refractivity contribution in [3.63, 3.8) is 0 Å². The number of hydrogen-bond donors (Lipinski definition) is 2. The number of nitrogens with zero attached hydrogens (tertiary/aromatic N) is 2. The zero-order valence-corrected chi connectivity index (χ0v) is 21.5. The van der Waals surface area contributed by atoms with Crippen LogP contribution in [0, 0.1) is 0 Å². The van der Waals surface area contributed by atoms with Crippen LogP contribution in [0.25, 0.3) is 6.08 Å². The van der Waals surface area contributed by atoms with Gasteiger partial charge in [-0.3, -0.25) is 14.2 Å². The summed E-state index contributed by atoms with van der Waals surface area (Å²) in [5, 5.41) is 13.6. The number of ether oxygens (including phenoxy) is 1. The Labute approximate surface area is 221 Å². The Morgan fingerprint density at radius 1 is 1.14 bits per heavy atom. The van der Waals surface area contributed by atoms with Crippen LogP contribution >= 0.6 is 22.9 Å². The Morgan fingerprint density at radius 3 is 2.57 bits per heavy atom. The normalized spacial score (nSPS) is 15.2. The minimum absolute atomic E-state index is 0.000971. The number of hydrogen-bond acceptors (Lipinski definition) is 6. The third-order valence-corrected chi connectivity index (χ3v) is 7.22. The quantitative estimate of drug-likeness (QED) is 0.403. The lowest BCUT2D eigenvalue weighted by Gasteiger charge is -2.25. The van der Waals surface area contributed by atoms with Crippen molar-refractivity contribution in [3.05, 3.63) is 120 Å². The molecule has 3 aromatic carbocycles. The lowest BCUT2D eigenvalue weighted by atomic mass is 9.95. The van der Waals surface area contributed by atoms with Gasteiger partial charge in [-0.2, -0.15) is 0 Å². The third-order valence-electron chi connectivity index (χ3n) is 6.01. The van der Waals surface area contributed by atoms with Crippen LogP contribution in [0.3, 0.4) is 0 Å². The van der Waals surface area contributed by atoms with Crippen molar-refractivity contribution in [1.29, 1.82) is 0 Å². The number of para-hydroxylation sites is 1. The van der Waals surface area contributed by atoms with Crippen molar-refractivity contribution in [3.8, 4) is 11.5 Å². The molecule has 0 unspecified atom stereocenters. The van der Waals surface area contributed by atoms with Crippen LogP contribution in [0.2, 0.25) is 5.02 Å². The Hall–Kier alpha value is -4.14. The number of carbonyl (C=O) groups is 1. The highest BCUT2D eigenvalue weighted by molar-refractivity contribution is 7.07. The van der Waals surface area contributed by atoms with Gasteiger partial charge < -0.3 is 15.2 Å². The van der Waals surface area contributed by atoms with E-state index in [0.29, 0.717) is 42.6 Å². The van der Waals surface area contributed by atoms with Crippen LogP contribution < -0.4 is 24.9 Å². The minimum atomic E-state index is -0.721. The van der Waals surface area contributed by atoms with Gasteiger partial charge in [0, 0.05) is 16.3 Å². The number of methoxy groups -OCH3 is 1. The number of aromatic nitrogens is 1. The maximum atomic E-state index is 13.7. The Kier molecular flexibility index (Phi) is 6.69. The topological polar surface area (TPSA) is 92.9 Å². The van der Waals surface area contributed by atoms with Gasteiger partial charge in [-0.15, -0.1) is 0 Å². The molecule has 1 aliphatic heterocycles. The van der Waals surface area contributed by atoms with Crippen LogP contribution in [0.15, 0.2) is 93.9 Å². The molecular weight excluding hydrogens is 510 g/mol. The van der Waals surface area contributed by atoms with Crippen molar-refractivity contribution in [2.24, 2.45) is 4.99 Å². The van der Waals surface area contributed by atoms with Crippen molar-refractivity contribution in [2.75, 3.05) is 12.4 Å². The molecule has 2 N–H and O–H groups in total. The van der Waals surface area contributed by atoms with Crippen LogP contribution in [-0.2, 0) is 4.79 Å². The second-order valence-corrected chi connectivity index (χ2v) is 9.82. The highest BCUT2D eigenvalue weighted by atomic mass is 35.5. The van der Waals surface area contributed by atoms with E-state index >= 15 is 0 Å². The standard InChI is InChI=1S/C28H22ClN3O4S/c1-16-24(26(34)31-20-6-4-3-5-7-20)25(17-8-11-21(36-2)12-9-17)32-27(35)23(37-28(32)30-16)15-18-14-19(29)10-13-22(18)33/h3-15,25,33H,1-2H3,(H,31,34)/b23-15+/t25-/m1/s1. The van der Waals surface area contributed by atoms with Gasteiger partial charge >= 0.3 is 0 Å². The summed E-state index contributed by atoms with van der Waals surface area (Å²) in [6.07, 6.45) is 1.58. The fraction of sp³-hybridized carbons (Fsp3) is 0.107. The number of phenolic OH excluding ortho intramolecular Hbond substituents is 1. The van der Waals surface area contributed by atoms with Gasteiger partial charge in [0.1, 0.15) is 11.5 Å². The molecule has 9 heteroatoms. The molecule has 0 radical (unpaired) electrons. The average Bonchev–Trinajstić information content (AvgIpc) is 3.20. The van der Waals surface area contributed by atoms with E-state index in [1.165, 1.54) is 22.0 Å². The highest BCUT2D eigenvalue weighted by Crippen LogP contribution is 2.32. The van der Waals surface area contributed by atoms with E-state index in [9.17, 15) is 14.7 Å². The predicted octanol–water partition coefficient (Wildman–Crippen LogP) is 4.24. The van der Waals surface area contributed by atoms with Gasteiger partial charge in [0.2, 0.25) is 0 Å². The molecule has 37 heavy (non-hydrogen) atoms. The average molecular weight is 532 g/mol. The number of carbonyl (C=O) groups excluding carboxylic acids is 1. The molecule has 5 rings (SSSR count). The maximum absolute atomic E-state index is 13.7. The number of rotatable bonds is 5. The number of amides is 1.